The molecule has 0 radical (unpaired) electrons. The Bertz CT molecular complexity index is 140. The maximum atomic E-state index is 5.59. The third-order valence-corrected chi connectivity index (χ3v) is 1.72. The van der Waals surface area contributed by atoms with E-state index in [2.05, 4.69) is 4.39 Å². The lowest BCUT2D eigenvalue weighted by atomic mass is 10.2. The van der Waals surface area contributed by atoms with E-state index in [-0.39, 0.29) is 6.04 Å². The van der Waals surface area contributed by atoms with Gasteiger partial charge in [-0.25, -0.2) is 5.06 Å². The van der Waals surface area contributed by atoms with Crippen LogP contribution in [0.4, 0.5) is 0 Å². The summed E-state index contributed by atoms with van der Waals surface area (Å²) < 4.78 is 4.48. The first-order valence-electron chi connectivity index (χ1n) is 2.86. The molecule has 0 aliphatic carbocycles. The van der Waals surface area contributed by atoms with Gasteiger partial charge in [0.25, 0.3) is 0 Å². The second-order valence-corrected chi connectivity index (χ2v) is 2.32. The lowest BCUT2D eigenvalue weighted by Crippen LogP contribution is -2.29. The van der Waals surface area contributed by atoms with Gasteiger partial charge in [0.1, 0.15) is 0 Å². The Balaban J connectivity index is 2.55. The number of halogens is 2. The van der Waals surface area contributed by atoms with E-state index in [0.717, 1.165) is 0 Å². The Morgan fingerprint density at radius 2 is 2.30 bits per heavy atom. The highest BCUT2D eigenvalue weighted by Crippen LogP contribution is 2.11. The molecule has 1 unspecified atom stereocenters. The number of allylic oxidation sites excluding steroid dienone is 2. The van der Waals surface area contributed by atoms with Crippen molar-refractivity contribution in [2.24, 2.45) is 0 Å². The van der Waals surface area contributed by atoms with Gasteiger partial charge in [0, 0.05) is 12.1 Å². The molecule has 10 heavy (non-hydrogen) atoms. The predicted octanol–water partition coefficient (Wildman–Crippen LogP) is 2.06. The third-order valence-electron chi connectivity index (χ3n) is 1.24. The molecule has 0 saturated heterocycles. The molecular weight excluding hydrogens is 173 g/mol. The number of rotatable bonds is 2. The standard InChI is InChI=1S/C6H7Cl2NO/c7-5-6-3-1-2-4-9(6)10-8/h1-4,6H,5H2. The quantitative estimate of drug-likeness (QED) is 0.603. The fourth-order valence-electron chi connectivity index (χ4n) is 0.716. The fourth-order valence-corrected chi connectivity index (χ4v) is 1.10. The van der Waals surface area contributed by atoms with Crippen LogP contribution in [-0.2, 0) is 4.39 Å². The van der Waals surface area contributed by atoms with Crippen molar-refractivity contribution in [2.45, 2.75) is 6.04 Å². The topological polar surface area (TPSA) is 12.5 Å². The lowest BCUT2D eigenvalue weighted by molar-refractivity contribution is -0.0166. The first kappa shape index (κ1) is 7.92. The molecule has 0 N–H and O–H groups in total. The molecule has 1 aliphatic heterocycles. The number of alkyl halides is 1. The molecule has 0 spiro atoms. The van der Waals surface area contributed by atoms with Gasteiger partial charge >= 0.3 is 0 Å². The number of hydrogen-bond donors (Lipinski definition) is 0. The van der Waals surface area contributed by atoms with Crippen LogP contribution in [0.5, 0.6) is 0 Å². The molecule has 0 aromatic rings. The van der Waals surface area contributed by atoms with Gasteiger partial charge in [-0.1, -0.05) is 12.2 Å². The predicted molar refractivity (Wildman–Crippen MR) is 41.6 cm³/mol. The van der Waals surface area contributed by atoms with Crippen LogP contribution in [0.2, 0.25) is 0 Å². The molecule has 0 aromatic heterocycles. The van der Waals surface area contributed by atoms with Crippen molar-refractivity contribution in [1.29, 1.82) is 0 Å². The Kier molecular flexibility index (Phi) is 3.06. The summed E-state index contributed by atoms with van der Waals surface area (Å²) in [7, 11) is 0. The summed E-state index contributed by atoms with van der Waals surface area (Å²) in [5.74, 6) is 0.466. The maximum Gasteiger partial charge on any atom is 0.0914 e. The van der Waals surface area contributed by atoms with E-state index >= 15 is 0 Å². The zero-order valence-corrected chi connectivity index (χ0v) is 6.72. The monoisotopic (exact) mass is 179 g/mol. The average molecular weight is 180 g/mol. The van der Waals surface area contributed by atoms with Gasteiger partial charge in [-0.3, -0.25) is 0 Å². The maximum absolute atomic E-state index is 5.59. The van der Waals surface area contributed by atoms with Gasteiger partial charge in [-0.2, -0.15) is 4.39 Å². The molecule has 1 atom stereocenters. The van der Waals surface area contributed by atoms with E-state index in [1.165, 1.54) is 5.06 Å². The highest BCUT2D eigenvalue weighted by atomic mass is 35.5. The summed E-state index contributed by atoms with van der Waals surface area (Å²) in [6.45, 7) is 0. The molecule has 0 saturated carbocycles. The van der Waals surface area contributed by atoms with Gasteiger partial charge in [0.15, 0.2) is 0 Å². The first-order chi connectivity index (χ1) is 4.88. The van der Waals surface area contributed by atoms with Gasteiger partial charge in [0.2, 0.25) is 0 Å². The summed E-state index contributed by atoms with van der Waals surface area (Å²) in [6, 6.07) is 0.0455. The van der Waals surface area contributed by atoms with Crippen LogP contribution in [0, 0.1) is 0 Å². The molecule has 1 heterocycles. The van der Waals surface area contributed by atoms with E-state index in [0.29, 0.717) is 5.88 Å². The summed E-state index contributed by atoms with van der Waals surface area (Å²) in [5.41, 5.74) is 0. The van der Waals surface area contributed by atoms with Crippen LogP contribution in [-0.4, -0.2) is 17.0 Å². The smallest absolute Gasteiger partial charge is 0.0914 e. The van der Waals surface area contributed by atoms with Crippen molar-refractivity contribution in [3.8, 4) is 0 Å². The van der Waals surface area contributed by atoms with E-state index in [4.69, 9.17) is 23.5 Å². The Hall–Kier alpha value is -0.180. The second-order valence-electron chi connectivity index (χ2n) is 1.88. The minimum absolute atomic E-state index is 0.0455. The van der Waals surface area contributed by atoms with Crippen molar-refractivity contribution < 1.29 is 4.39 Å². The van der Waals surface area contributed by atoms with Crippen molar-refractivity contribution in [3.63, 3.8) is 0 Å². The van der Waals surface area contributed by atoms with Crippen molar-refractivity contribution in [2.75, 3.05) is 5.88 Å². The van der Waals surface area contributed by atoms with Crippen LogP contribution in [0.1, 0.15) is 0 Å². The lowest BCUT2D eigenvalue weighted by Gasteiger charge is -2.23. The SMILES string of the molecule is ClCC1C=CC=CN1OCl. The zero-order chi connectivity index (χ0) is 7.40. The normalized spacial score (nSPS) is 23.8. The van der Waals surface area contributed by atoms with Crippen LogP contribution >= 0.6 is 23.5 Å². The highest BCUT2D eigenvalue weighted by Gasteiger charge is 2.12. The minimum Gasteiger partial charge on any atom is -0.234 e. The molecule has 56 valence electrons. The van der Waals surface area contributed by atoms with Crippen LogP contribution in [0.25, 0.3) is 0 Å². The molecule has 0 amide bonds. The summed E-state index contributed by atoms with van der Waals surface area (Å²) in [5, 5.41) is 1.48. The minimum atomic E-state index is 0.0455. The van der Waals surface area contributed by atoms with Crippen LogP contribution < -0.4 is 0 Å². The molecule has 2 nitrogen and oxygen atoms in total. The number of nitrogens with zero attached hydrogens (tertiary/aromatic N) is 1. The van der Waals surface area contributed by atoms with Gasteiger partial charge in [-0.05, 0) is 6.08 Å². The molecule has 0 bridgehead atoms. The summed E-state index contributed by atoms with van der Waals surface area (Å²) in [6.07, 6.45) is 7.36. The molecular formula is C6H7Cl2NO. The number of hydrogen-bond acceptors (Lipinski definition) is 2. The van der Waals surface area contributed by atoms with E-state index < -0.39 is 0 Å². The molecule has 0 aromatic carbocycles. The van der Waals surface area contributed by atoms with Crippen molar-refractivity contribution >= 4 is 23.5 Å². The molecule has 4 heteroatoms. The van der Waals surface area contributed by atoms with Gasteiger partial charge in [-0.15, -0.1) is 11.6 Å². The number of hydroxylamine groups is 2. The van der Waals surface area contributed by atoms with Gasteiger partial charge in [0.05, 0.1) is 17.9 Å². The molecule has 0 fully saturated rings. The molecule has 1 rings (SSSR count). The fraction of sp³-hybridized carbons (Fsp3) is 0.333. The summed E-state index contributed by atoms with van der Waals surface area (Å²) in [4.78, 5) is 0. The van der Waals surface area contributed by atoms with Gasteiger partial charge < -0.3 is 0 Å². The van der Waals surface area contributed by atoms with E-state index in [9.17, 15) is 0 Å². The first-order valence-corrected chi connectivity index (χ1v) is 3.71. The van der Waals surface area contributed by atoms with Crippen LogP contribution in [0.15, 0.2) is 24.4 Å². The average Bonchev–Trinajstić information content (AvgIpc) is 2.04. The van der Waals surface area contributed by atoms with E-state index in [1.807, 2.05) is 18.2 Å². The Morgan fingerprint density at radius 3 is 2.80 bits per heavy atom. The third kappa shape index (κ3) is 1.66. The molecule has 1 aliphatic rings. The van der Waals surface area contributed by atoms with E-state index in [1.54, 1.807) is 6.20 Å². The van der Waals surface area contributed by atoms with Crippen molar-refractivity contribution in [3.05, 3.63) is 24.4 Å². The Morgan fingerprint density at radius 1 is 1.50 bits per heavy atom. The zero-order valence-electron chi connectivity index (χ0n) is 5.21. The highest BCUT2D eigenvalue weighted by molar-refractivity contribution is 6.18. The van der Waals surface area contributed by atoms with Crippen LogP contribution in [0.3, 0.4) is 0 Å². The summed E-state index contributed by atoms with van der Waals surface area (Å²) >= 11 is 10.7. The van der Waals surface area contributed by atoms with Crippen molar-refractivity contribution in [1.82, 2.24) is 5.06 Å². The second kappa shape index (κ2) is 3.86. The Labute approximate surface area is 69.8 Å². The largest absolute Gasteiger partial charge is 0.234 e.